The molecule has 0 radical (unpaired) electrons. The number of anilines is 2. The average Bonchev–Trinajstić information content (AvgIpc) is 2.42. The number of rotatable bonds is 6. The molecule has 0 aromatic heterocycles. The summed E-state index contributed by atoms with van der Waals surface area (Å²) in [6.07, 6.45) is 0. The maximum absolute atomic E-state index is 12.1. The van der Waals surface area contributed by atoms with Crippen LogP contribution < -0.4 is 9.24 Å². The molecule has 0 saturated heterocycles. The lowest BCUT2D eigenvalue weighted by Crippen LogP contribution is -2.24. The molecule has 0 bridgehead atoms. The van der Waals surface area contributed by atoms with Gasteiger partial charge in [0.2, 0.25) is 0 Å². The van der Waals surface area contributed by atoms with E-state index in [-0.39, 0.29) is 5.97 Å². The predicted octanol–water partition coefficient (Wildman–Crippen LogP) is 3.45. The summed E-state index contributed by atoms with van der Waals surface area (Å²) in [6, 6.07) is 5.40. The minimum absolute atomic E-state index is 0.334. The largest absolute Gasteiger partial charge is 0.456 e. The van der Waals surface area contributed by atoms with Crippen LogP contribution in [0.2, 0.25) is 0 Å². The van der Waals surface area contributed by atoms with Crippen molar-refractivity contribution in [1.29, 1.82) is 0 Å². The Hall–Kier alpha value is -1.27. The van der Waals surface area contributed by atoms with Crippen LogP contribution in [0.1, 0.15) is 31.1 Å². The van der Waals surface area contributed by atoms with Crippen LogP contribution in [0.3, 0.4) is 0 Å². The van der Waals surface area contributed by atoms with E-state index in [1.165, 1.54) is 0 Å². The summed E-state index contributed by atoms with van der Waals surface area (Å²) in [6.45, 7) is 6.78. The lowest BCUT2D eigenvalue weighted by molar-refractivity contribution is 0.00696. The van der Waals surface area contributed by atoms with Gasteiger partial charge in [0.1, 0.15) is 5.60 Å². The Morgan fingerprint density at radius 2 is 2.05 bits per heavy atom. The Labute approximate surface area is 134 Å². The Kier molecular flexibility index (Phi) is 6.48. The van der Waals surface area contributed by atoms with Gasteiger partial charge in [-0.3, -0.25) is 0 Å². The van der Waals surface area contributed by atoms with E-state index in [1.807, 2.05) is 37.8 Å². The zero-order valence-corrected chi connectivity index (χ0v) is 14.8. The third-order valence-corrected chi connectivity index (χ3v) is 3.39. The molecule has 0 atom stereocenters. The predicted molar refractivity (Wildman–Crippen MR) is 89.3 cm³/mol. The van der Waals surface area contributed by atoms with E-state index in [4.69, 9.17) is 9.47 Å². The first-order valence-corrected chi connectivity index (χ1v) is 7.47. The van der Waals surface area contributed by atoms with Crippen molar-refractivity contribution in [1.82, 2.24) is 0 Å². The Morgan fingerprint density at radius 1 is 1.38 bits per heavy atom. The van der Waals surface area contributed by atoms with Crippen molar-refractivity contribution in [3.63, 3.8) is 0 Å². The van der Waals surface area contributed by atoms with Crippen LogP contribution in [0.15, 0.2) is 18.2 Å². The standard InChI is InChI=1S/C15H23BrN2O3/c1-15(2,3)21-14(19)11-6-7-12(17-4)13(10-11)18(16)8-9-20-5/h6-7,10,17H,8-9H2,1-5H3. The summed E-state index contributed by atoms with van der Waals surface area (Å²) >= 11 is 3.48. The minimum atomic E-state index is -0.511. The minimum Gasteiger partial charge on any atom is -0.456 e. The molecule has 1 aromatic carbocycles. The number of carbonyl (C=O) groups excluding carboxylic acids is 1. The lowest BCUT2D eigenvalue weighted by atomic mass is 10.1. The number of hydrogen-bond acceptors (Lipinski definition) is 5. The maximum Gasteiger partial charge on any atom is 0.338 e. The molecule has 1 N–H and O–H groups in total. The van der Waals surface area contributed by atoms with Crippen molar-refractivity contribution in [2.45, 2.75) is 26.4 Å². The van der Waals surface area contributed by atoms with Gasteiger partial charge in [-0.25, -0.2) is 4.79 Å². The highest BCUT2D eigenvalue weighted by Crippen LogP contribution is 2.30. The number of esters is 1. The number of hydrogen-bond donors (Lipinski definition) is 1. The molecule has 6 heteroatoms. The van der Waals surface area contributed by atoms with Crippen molar-refractivity contribution < 1.29 is 14.3 Å². The molecule has 0 aliphatic heterocycles. The molecule has 0 unspecified atom stereocenters. The number of halogens is 1. The van der Waals surface area contributed by atoms with Gasteiger partial charge in [0.25, 0.3) is 0 Å². The summed E-state index contributed by atoms with van der Waals surface area (Å²) in [5.74, 6) is -0.334. The summed E-state index contributed by atoms with van der Waals surface area (Å²) < 4.78 is 12.3. The smallest absolute Gasteiger partial charge is 0.338 e. The van der Waals surface area contributed by atoms with Gasteiger partial charge in [0.15, 0.2) is 0 Å². The SMILES string of the molecule is CNc1ccc(C(=O)OC(C)(C)C)cc1N(Br)CCOC. The van der Waals surface area contributed by atoms with Crippen LogP contribution in [0, 0.1) is 0 Å². The molecule has 0 aliphatic rings. The van der Waals surface area contributed by atoms with Gasteiger partial charge in [-0.2, -0.15) is 0 Å². The molecule has 5 nitrogen and oxygen atoms in total. The highest BCUT2D eigenvalue weighted by molar-refractivity contribution is 9.10. The van der Waals surface area contributed by atoms with Gasteiger partial charge in [-0.05, 0) is 39.0 Å². The molecule has 0 fully saturated rings. The zero-order valence-electron chi connectivity index (χ0n) is 13.2. The van der Waals surface area contributed by atoms with Crippen LogP contribution in [-0.2, 0) is 9.47 Å². The summed E-state index contributed by atoms with van der Waals surface area (Å²) in [4.78, 5) is 12.1. The van der Waals surface area contributed by atoms with E-state index in [2.05, 4.69) is 21.5 Å². The molecule has 0 amide bonds. The van der Waals surface area contributed by atoms with Gasteiger partial charge in [0, 0.05) is 30.3 Å². The van der Waals surface area contributed by atoms with Crippen molar-refractivity contribution >= 4 is 33.5 Å². The summed E-state index contributed by atoms with van der Waals surface area (Å²) in [5, 5.41) is 3.10. The van der Waals surface area contributed by atoms with Crippen molar-refractivity contribution in [3.05, 3.63) is 23.8 Å². The molecule has 0 saturated carbocycles. The average molecular weight is 359 g/mol. The molecule has 0 aliphatic carbocycles. The second-order valence-corrected chi connectivity index (χ2v) is 6.42. The first-order chi connectivity index (χ1) is 9.78. The first kappa shape index (κ1) is 17.8. The van der Waals surface area contributed by atoms with Crippen molar-refractivity contribution in [2.24, 2.45) is 0 Å². The highest BCUT2D eigenvalue weighted by Gasteiger charge is 2.19. The van der Waals surface area contributed by atoms with E-state index in [0.29, 0.717) is 18.7 Å². The number of ether oxygens (including phenoxy) is 2. The molecular formula is C15H23BrN2O3. The zero-order chi connectivity index (χ0) is 16.0. The fourth-order valence-corrected chi connectivity index (χ4v) is 2.14. The summed E-state index contributed by atoms with van der Waals surface area (Å²) in [5.41, 5.74) is 1.78. The van der Waals surface area contributed by atoms with Gasteiger partial charge >= 0.3 is 5.97 Å². The van der Waals surface area contributed by atoms with Gasteiger partial charge in [-0.1, -0.05) is 0 Å². The highest BCUT2D eigenvalue weighted by atomic mass is 79.9. The molecule has 1 rings (SSSR count). The van der Waals surface area contributed by atoms with E-state index in [1.54, 1.807) is 19.2 Å². The van der Waals surface area contributed by atoms with E-state index < -0.39 is 5.60 Å². The second-order valence-electron chi connectivity index (χ2n) is 5.56. The molecule has 21 heavy (non-hydrogen) atoms. The molecule has 1 aromatic rings. The fourth-order valence-electron chi connectivity index (χ4n) is 1.70. The van der Waals surface area contributed by atoms with Gasteiger partial charge < -0.3 is 18.7 Å². The molecule has 0 spiro atoms. The first-order valence-electron chi connectivity index (χ1n) is 6.76. The number of nitrogens with zero attached hydrogens (tertiary/aromatic N) is 1. The van der Waals surface area contributed by atoms with Crippen LogP contribution >= 0.6 is 16.1 Å². The quantitative estimate of drug-likeness (QED) is 0.623. The summed E-state index contributed by atoms with van der Waals surface area (Å²) in [7, 11) is 3.49. The van der Waals surface area contributed by atoms with Gasteiger partial charge in [-0.15, -0.1) is 0 Å². The topological polar surface area (TPSA) is 50.8 Å². The van der Waals surface area contributed by atoms with Crippen LogP contribution in [-0.4, -0.2) is 38.9 Å². The number of methoxy groups -OCH3 is 1. The molecular weight excluding hydrogens is 336 g/mol. The van der Waals surface area contributed by atoms with E-state index in [9.17, 15) is 4.79 Å². The number of carbonyl (C=O) groups is 1. The Balaban J connectivity index is 3.01. The molecule has 118 valence electrons. The van der Waals surface area contributed by atoms with Crippen molar-refractivity contribution in [2.75, 3.05) is 36.6 Å². The molecule has 0 heterocycles. The third kappa shape index (κ3) is 5.55. The second kappa shape index (κ2) is 7.66. The fraction of sp³-hybridized carbons (Fsp3) is 0.533. The third-order valence-electron chi connectivity index (χ3n) is 2.65. The Morgan fingerprint density at radius 3 is 2.57 bits per heavy atom. The van der Waals surface area contributed by atoms with Crippen LogP contribution in [0.4, 0.5) is 11.4 Å². The number of nitrogens with one attached hydrogen (secondary N) is 1. The Bertz CT molecular complexity index is 486. The lowest BCUT2D eigenvalue weighted by Gasteiger charge is -2.22. The monoisotopic (exact) mass is 358 g/mol. The van der Waals surface area contributed by atoms with Crippen LogP contribution in [0.5, 0.6) is 0 Å². The number of benzene rings is 1. The van der Waals surface area contributed by atoms with Crippen molar-refractivity contribution in [3.8, 4) is 0 Å². The van der Waals surface area contributed by atoms with E-state index >= 15 is 0 Å². The maximum atomic E-state index is 12.1. The van der Waals surface area contributed by atoms with Gasteiger partial charge in [0.05, 0.1) is 30.1 Å². The normalized spacial score (nSPS) is 11.1. The van der Waals surface area contributed by atoms with E-state index in [0.717, 1.165) is 11.4 Å². The van der Waals surface area contributed by atoms with Crippen LogP contribution in [0.25, 0.3) is 0 Å².